The molecule has 1 aromatic rings. The lowest BCUT2D eigenvalue weighted by Crippen LogP contribution is -2.39. The van der Waals surface area contributed by atoms with Gasteiger partial charge in [-0.1, -0.05) is 26.2 Å². The Hall–Kier alpha value is -0.870. The molecule has 20 heavy (non-hydrogen) atoms. The molecule has 0 spiro atoms. The van der Waals surface area contributed by atoms with Gasteiger partial charge in [0, 0.05) is 25.4 Å². The Bertz CT molecular complexity index is 385. The largest absolute Gasteiger partial charge is 0.379 e. The molecular formula is C16H29N3O. The highest BCUT2D eigenvalue weighted by atomic mass is 16.5. The van der Waals surface area contributed by atoms with E-state index in [1.54, 1.807) is 0 Å². The highest BCUT2D eigenvalue weighted by Gasteiger charge is 2.31. The Morgan fingerprint density at radius 3 is 2.65 bits per heavy atom. The molecular weight excluding hydrogens is 250 g/mol. The number of nitrogens with zero attached hydrogens (tertiary/aromatic N) is 2. The molecule has 0 radical (unpaired) electrons. The van der Waals surface area contributed by atoms with Crippen LogP contribution in [0.15, 0.2) is 12.4 Å². The summed E-state index contributed by atoms with van der Waals surface area (Å²) < 4.78 is 7.90. The predicted octanol–water partition coefficient (Wildman–Crippen LogP) is 3.15. The molecule has 1 saturated carbocycles. The van der Waals surface area contributed by atoms with Crippen molar-refractivity contribution in [3.63, 3.8) is 0 Å². The van der Waals surface area contributed by atoms with Crippen LogP contribution >= 0.6 is 0 Å². The molecule has 1 aliphatic carbocycles. The molecule has 2 atom stereocenters. The monoisotopic (exact) mass is 279 g/mol. The molecule has 4 heteroatoms. The summed E-state index contributed by atoms with van der Waals surface area (Å²) in [4.78, 5) is 0. The summed E-state index contributed by atoms with van der Waals surface area (Å²) in [6.45, 7) is 6.15. The van der Waals surface area contributed by atoms with E-state index in [0.29, 0.717) is 5.92 Å². The van der Waals surface area contributed by atoms with Crippen molar-refractivity contribution in [2.45, 2.75) is 64.6 Å². The second-order valence-electron chi connectivity index (χ2n) is 5.76. The van der Waals surface area contributed by atoms with Crippen molar-refractivity contribution in [3.05, 3.63) is 18.0 Å². The van der Waals surface area contributed by atoms with E-state index in [0.717, 1.165) is 13.1 Å². The smallest absolute Gasteiger partial charge is 0.0795 e. The van der Waals surface area contributed by atoms with Crippen molar-refractivity contribution >= 4 is 0 Å². The first-order valence-electron chi connectivity index (χ1n) is 8.08. The Balaban J connectivity index is 2.15. The Morgan fingerprint density at radius 2 is 2.10 bits per heavy atom. The van der Waals surface area contributed by atoms with Gasteiger partial charge >= 0.3 is 0 Å². The third kappa shape index (κ3) is 3.61. The van der Waals surface area contributed by atoms with E-state index in [4.69, 9.17) is 4.74 Å². The van der Waals surface area contributed by atoms with E-state index in [1.165, 1.54) is 37.7 Å². The topological polar surface area (TPSA) is 39.1 Å². The quantitative estimate of drug-likeness (QED) is 0.833. The van der Waals surface area contributed by atoms with E-state index in [9.17, 15) is 0 Å². The summed E-state index contributed by atoms with van der Waals surface area (Å²) in [6, 6.07) is 0.258. The SMILES string of the molecule is CCNC(c1cnn(CC)c1)C(OC)C1CCCCC1. The van der Waals surface area contributed by atoms with Gasteiger partial charge in [0.1, 0.15) is 0 Å². The molecule has 0 aromatic carbocycles. The van der Waals surface area contributed by atoms with Gasteiger partial charge in [-0.3, -0.25) is 4.68 Å². The number of nitrogens with one attached hydrogen (secondary N) is 1. The van der Waals surface area contributed by atoms with Crippen LogP contribution in [0.3, 0.4) is 0 Å². The highest BCUT2D eigenvalue weighted by molar-refractivity contribution is 5.13. The van der Waals surface area contributed by atoms with Crippen LogP contribution in [0.4, 0.5) is 0 Å². The molecule has 1 aromatic heterocycles. The first-order valence-corrected chi connectivity index (χ1v) is 8.08. The first kappa shape index (κ1) is 15.5. The fraction of sp³-hybridized carbons (Fsp3) is 0.812. The second kappa shape index (κ2) is 7.79. The lowest BCUT2D eigenvalue weighted by atomic mass is 9.81. The van der Waals surface area contributed by atoms with Crippen LogP contribution in [0.1, 0.15) is 57.6 Å². The zero-order valence-corrected chi connectivity index (χ0v) is 13.1. The number of methoxy groups -OCH3 is 1. The minimum atomic E-state index is 0.254. The fourth-order valence-electron chi connectivity index (χ4n) is 3.42. The average molecular weight is 279 g/mol. The van der Waals surface area contributed by atoms with Gasteiger partial charge in [0.05, 0.1) is 18.3 Å². The molecule has 1 aliphatic rings. The van der Waals surface area contributed by atoms with Crippen molar-refractivity contribution in [3.8, 4) is 0 Å². The van der Waals surface area contributed by atoms with Crippen molar-refractivity contribution in [2.75, 3.05) is 13.7 Å². The molecule has 2 unspecified atom stereocenters. The van der Waals surface area contributed by atoms with Crippen LogP contribution in [0.25, 0.3) is 0 Å². The molecule has 0 saturated heterocycles. The summed E-state index contributed by atoms with van der Waals surface area (Å²) in [5.41, 5.74) is 1.26. The van der Waals surface area contributed by atoms with E-state index in [-0.39, 0.29) is 12.1 Å². The van der Waals surface area contributed by atoms with Crippen molar-refractivity contribution in [2.24, 2.45) is 5.92 Å². The number of ether oxygens (including phenoxy) is 1. The van der Waals surface area contributed by atoms with Gasteiger partial charge in [-0.2, -0.15) is 5.10 Å². The third-order valence-electron chi connectivity index (χ3n) is 4.48. The van der Waals surface area contributed by atoms with Gasteiger partial charge < -0.3 is 10.1 Å². The number of aromatic nitrogens is 2. The Morgan fingerprint density at radius 1 is 1.35 bits per heavy atom. The molecule has 1 heterocycles. The Labute approximate surface area is 122 Å². The average Bonchev–Trinajstić information content (AvgIpc) is 2.97. The maximum absolute atomic E-state index is 5.90. The van der Waals surface area contributed by atoms with E-state index < -0.39 is 0 Å². The zero-order chi connectivity index (χ0) is 14.4. The number of hydrogen-bond acceptors (Lipinski definition) is 3. The summed E-state index contributed by atoms with van der Waals surface area (Å²) in [5.74, 6) is 0.669. The van der Waals surface area contributed by atoms with E-state index >= 15 is 0 Å². The zero-order valence-electron chi connectivity index (χ0n) is 13.1. The summed E-state index contributed by atoms with van der Waals surface area (Å²) in [6.07, 6.45) is 11.1. The first-order chi connectivity index (χ1) is 9.80. The molecule has 0 aliphatic heterocycles. The number of likely N-dealkylation sites (N-methyl/N-ethyl adjacent to an activating group) is 1. The summed E-state index contributed by atoms with van der Waals surface area (Å²) in [5, 5.41) is 8.03. The van der Waals surface area contributed by atoms with Gasteiger partial charge in [-0.05, 0) is 32.2 Å². The molecule has 114 valence electrons. The van der Waals surface area contributed by atoms with Crippen molar-refractivity contribution in [1.29, 1.82) is 0 Å². The van der Waals surface area contributed by atoms with E-state index in [1.807, 2.05) is 18.0 Å². The van der Waals surface area contributed by atoms with E-state index in [2.05, 4.69) is 30.5 Å². The van der Waals surface area contributed by atoms with Crippen molar-refractivity contribution < 1.29 is 4.74 Å². The minimum absolute atomic E-state index is 0.254. The highest BCUT2D eigenvalue weighted by Crippen LogP contribution is 2.34. The van der Waals surface area contributed by atoms with Crippen LogP contribution < -0.4 is 5.32 Å². The van der Waals surface area contributed by atoms with Gasteiger partial charge in [-0.15, -0.1) is 0 Å². The normalized spacial score (nSPS) is 19.9. The Kier molecular flexibility index (Phi) is 6.05. The standard InChI is InChI=1S/C16H29N3O/c1-4-17-15(14-11-18-19(5-2)12-14)16(20-3)13-9-7-6-8-10-13/h11-13,15-17H,4-10H2,1-3H3. The number of rotatable bonds is 7. The summed E-state index contributed by atoms with van der Waals surface area (Å²) in [7, 11) is 1.86. The predicted molar refractivity (Wildman–Crippen MR) is 81.7 cm³/mol. The second-order valence-corrected chi connectivity index (χ2v) is 5.76. The molecule has 2 rings (SSSR count). The van der Waals surface area contributed by atoms with Gasteiger partial charge in [0.2, 0.25) is 0 Å². The van der Waals surface area contributed by atoms with Crippen LogP contribution in [0, 0.1) is 5.92 Å². The number of hydrogen-bond donors (Lipinski definition) is 1. The van der Waals surface area contributed by atoms with Gasteiger partial charge in [0.25, 0.3) is 0 Å². The third-order valence-corrected chi connectivity index (χ3v) is 4.48. The van der Waals surface area contributed by atoms with Crippen LogP contribution in [0.2, 0.25) is 0 Å². The molecule has 0 bridgehead atoms. The lowest BCUT2D eigenvalue weighted by Gasteiger charge is -2.35. The fourth-order valence-corrected chi connectivity index (χ4v) is 3.42. The number of aryl methyl sites for hydroxylation is 1. The molecule has 0 amide bonds. The summed E-state index contributed by atoms with van der Waals surface area (Å²) >= 11 is 0. The molecule has 1 fully saturated rings. The molecule has 1 N–H and O–H groups in total. The minimum Gasteiger partial charge on any atom is -0.379 e. The van der Waals surface area contributed by atoms with Gasteiger partial charge in [0.15, 0.2) is 0 Å². The maximum atomic E-state index is 5.90. The van der Waals surface area contributed by atoms with Crippen LogP contribution in [-0.2, 0) is 11.3 Å². The lowest BCUT2D eigenvalue weighted by molar-refractivity contribution is 0.00790. The van der Waals surface area contributed by atoms with Crippen molar-refractivity contribution in [1.82, 2.24) is 15.1 Å². The van der Waals surface area contributed by atoms with Gasteiger partial charge in [-0.25, -0.2) is 0 Å². The maximum Gasteiger partial charge on any atom is 0.0795 e. The van der Waals surface area contributed by atoms with Crippen LogP contribution in [0.5, 0.6) is 0 Å². The molecule has 4 nitrogen and oxygen atoms in total. The van der Waals surface area contributed by atoms with Crippen LogP contribution in [-0.4, -0.2) is 29.5 Å².